The normalized spacial score (nSPS) is 43.9. The van der Waals surface area contributed by atoms with Crippen LogP contribution in [-0.2, 0) is 0 Å². The summed E-state index contributed by atoms with van der Waals surface area (Å²) in [4.78, 5) is 0. The van der Waals surface area contributed by atoms with Crippen molar-refractivity contribution in [1.29, 1.82) is 0 Å². The van der Waals surface area contributed by atoms with Crippen molar-refractivity contribution < 1.29 is 0 Å². The first-order valence-electron chi connectivity index (χ1n) is 10.3. The second kappa shape index (κ2) is 8.15. The van der Waals surface area contributed by atoms with Gasteiger partial charge in [0, 0.05) is 13.1 Å². The molecule has 1 aliphatic heterocycles. The van der Waals surface area contributed by atoms with Crippen molar-refractivity contribution >= 4 is 0 Å². The third kappa shape index (κ3) is 4.06. The van der Waals surface area contributed by atoms with Crippen molar-refractivity contribution in [3.05, 3.63) is 0 Å². The maximum Gasteiger partial charge on any atom is 0.0600 e. The summed E-state index contributed by atoms with van der Waals surface area (Å²) < 4.78 is 0. The van der Waals surface area contributed by atoms with Gasteiger partial charge in [-0.05, 0) is 55.3 Å². The Labute approximate surface area is 138 Å². The predicted molar refractivity (Wildman–Crippen MR) is 94.8 cm³/mol. The highest BCUT2D eigenvalue weighted by molar-refractivity contribution is 4.88. The van der Waals surface area contributed by atoms with Crippen LogP contribution in [0.3, 0.4) is 0 Å². The van der Waals surface area contributed by atoms with Gasteiger partial charge in [-0.25, -0.2) is 0 Å². The molecule has 2 aliphatic carbocycles. The summed E-state index contributed by atoms with van der Waals surface area (Å²) in [5, 5.41) is 7.77. The van der Waals surface area contributed by atoms with E-state index in [1.807, 2.05) is 0 Å². The molecule has 3 fully saturated rings. The minimum absolute atomic E-state index is 0.612. The molecular formula is C20H38N2. The number of hydrogen-bond donors (Lipinski definition) is 2. The molecule has 2 N–H and O–H groups in total. The second-order valence-electron chi connectivity index (χ2n) is 8.43. The van der Waals surface area contributed by atoms with Crippen LogP contribution < -0.4 is 10.6 Å². The maximum atomic E-state index is 3.88. The number of rotatable bonds is 4. The van der Waals surface area contributed by atoms with E-state index >= 15 is 0 Å². The first-order chi connectivity index (χ1) is 10.8. The van der Waals surface area contributed by atoms with Crippen LogP contribution in [0.4, 0.5) is 0 Å². The summed E-state index contributed by atoms with van der Waals surface area (Å²) >= 11 is 0. The monoisotopic (exact) mass is 306 g/mol. The average molecular weight is 307 g/mol. The first-order valence-corrected chi connectivity index (χ1v) is 10.3. The Morgan fingerprint density at radius 3 is 1.50 bits per heavy atom. The molecule has 22 heavy (non-hydrogen) atoms. The highest BCUT2D eigenvalue weighted by Crippen LogP contribution is 2.36. The van der Waals surface area contributed by atoms with Crippen LogP contribution in [0.2, 0.25) is 0 Å². The van der Waals surface area contributed by atoms with Crippen LogP contribution in [0.5, 0.6) is 0 Å². The summed E-state index contributed by atoms with van der Waals surface area (Å²) in [5.74, 6) is 4.81. The maximum absolute atomic E-state index is 3.88. The van der Waals surface area contributed by atoms with Gasteiger partial charge < -0.3 is 10.6 Å². The zero-order valence-electron chi connectivity index (χ0n) is 14.9. The summed E-state index contributed by atoms with van der Waals surface area (Å²) in [5.41, 5.74) is 0. The van der Waals surface area contributed by atoms with E-state index in [0.717, 1.165) is 29.6 Å². The fraction of sp³-hybridized carbons (Fsp3) is 1.00. The fourth-order valence-corrected chi connectivity index (χ4v) is 5.37. The molecule has 2 saturated carbocycles. The van der Waals surface area contributed by atoms with Gasteiger partial charge in [-0.15, -0.1) is 0 Å². The lowest BCUT2D eigenvalue weighted by Gasteiger charge is -2.42. The van der Waals surface area contributed by atoms with Crippen molar-refractivity contribution in [2.75, 3.05) is 13.1 Å². The predicted octanol–water partition coefficient (Wildman–Crippen LogP) is 4.55. The summed E-state index contributed by atoms with van der Waals surface area (Å²) in [6, 6.07) is 0. The van der Waals surface area contributed by atoms with E-state index in [4.69, 9.17) is 0 Å². The van der Waals surface area contributed by atoms with E-state index < -0.39 is 0 Å². The first kappa shape index (κ1) is 16.8. The molecule has 128 valence electrons. The molecule has 2 heteroatoms. The molecule has 0 radical (unpaired) electrons. The van der Waals surface area contributed by atoms with Gasteiger partial charge in [0.05, 0.1) is 6.17 Å². The third-order valence-corrected chi connectivity index (χ3v) is 7.28. The van der Waals surface area contributed by atoms with Crippen LogP contribution in [-0.4, -0.2) is 19.3 Å². The SMILES string of the molecule is CCC1CCC(C2CNC(C3CCC(CC)CC3)NC2)CC1. The Morgan fingerprint density at radius 2 is 1.05 bits per heavy atom. The number of hydrogen-bond acceptors (Lipinski definition) is 2. The lowest BCUT2D eigenvalue weighted by molar-refractivity contribution is 0.122. The molecule has 1 heterocycles. The van der Waals surface area contributed by atoms with Crippen molar-refractivity contribution in [3.8, 4) is 0 Å². The molecule has 3 rings (SSSR count). The molecule has 1 saturated heterocycles. The van der Waals surface area contributed by atoms with Crippen LogP contribution in [0, 0.1) is 29.6 Å². The quantitative estimate of drug-likeness (QED) is 0.796. The Hall–Kier alpha value is -0.0800. The van der Waals surface area contributed by atoms with E-state index in [1.165, 1.54) is 77.3 Å². The van der Waals surface area contributed by atoms with Gasteiger partial charge in [0.25, 0.3) is 0 Å². The van der Waals surface area contributed by atoms with Gasteiger partial charge in [0.15, 0.2) is 0 Å². The second-order valence-corrected chi connectivity index (χ2v) is 8.43. The minimum atomic E-state index is 0.612. The molecule has 0 atom stereocenters. The largest absolute Gasteiger partial charge is 0.301 e. The van der Waals surface area contributed by atoms with Gasteiger partial charge in [-0.3, -0.25) is 0 Å². The molecule has 2 nitrogen and oxygen atoms in total. The standard InChI is InChI=1S/C20H38N2/c1-3-15-5-9-17(10-6-15)19-13-21-20(22-14-19)18-11-7-16(4-2)8-12-18/h15-22H,3-14H2,1-2H3. The summed E-state index contributed by atoms with van der Waals surface area (Å²) in [6.07, 6.45) is 15.2. The number of nitrogens with one attached hydrogen (secondary N) is 2. The molecular weight excluding hydrogens is 268 g/mol. The Bertz CT molecular complexity index is 274. The van der Waals surface area contributed by atoms with Gasteiger partial charge in [-0.1, -0.05) is 52.4 Å². The highest BCUT2D eigenvalue weighted by Gasteiger charge is 2.33. The Morgan fingerprint density at radius 1 is 0.591 bits per heavy atom. The Kier molecular flexibility index (Phi) is 6.21. The average Bonchev–Trinajstić information content (AvgIpc) is 2.62. The molecule has 0 aromatic carbocycles. The minimum Gasteiger partial charge on any atom is -0.301 e. The van der Waals surface area contributed by atoms with Crippen molar-refractivity contribution in [2.24, 2.45) is 29.6 Å². The van der Waals surface area contributed by atoms with Crippen LogP contribution >= 0.6 is 0 Å². The Balaban J connectivity index is 1.39. The van der Waals surface area contributed by atoms with Crippen LogP contribution in [0.25, 0.3) is 0 Å². The van der Waals surface area contributed by atoms with Crippen LogP contribution in [0.1, 0.15) is 78.1 Å². The zero-order chi connectivity index (χ0) is 15.4. The van der Waals surface area contributed by atoms with Crippen molar-refractivity contribution in [1.82, 2.24) is 10.6 Å². The molecule has 0 amide bonds. The molecule has 0 unspecified atom stereocenters. The van der Waals surface area contributed by atoms with Gasteiger partial charge >= 0.3 is 0 Å². The van der Waals surface area contributed by atoms with E-state index in [-0.39, 0.29) is 0 Å². The third-order valence-electron chi connectivity index (χ3n) is 7.28. The van der Waals surface area contributed by atoms with Gasteiger partial charge in [0.2, 0.25) is 0 Å². The van der Waals surface area contributed by atoms with Crippen LogP contribution in [0.15, 0.2) is 0 Å². The van der Waals surface area contributed by atoms with E-state index in [2.05, 4.69) is 24.5 Å². The van der Waals surface area contributed by atoms with Crippen molar-refractivity contribution in [2.45, 2.75) is 84.2 Å². The van der Waals surface area contributed by atoms with E-state index in [9.17, 15) is 0 Å². The van der Waals surface area contributed by atoms with Gasteiger partial charge in [0.1, 0.15) is 0 Å². The lowest BCUT2D eigenvalue weighted by atomic mass is 9.74. The topological polar surface area (TPSA) is 24.1 Å². The van der Waals surface area contributed by atoms with E-state index in [0.29, 0.717) is 6.17 Å². The highest BCUT2D eigenvalue weighted by atomic mass is 15.2. The smallest absolute Gasteiger partial charge is 0.0600 e. The van der Waals surface area contributed by atoms with Crippen molar-refractivity contribution in [3.63, 3.8) is 0 Å². The fourth-order valence-electron chi connectivity index (χ4n) is 5.37. The lowest BCUT2D eigenvalue weighted by Crippen LogP contribution is -2.58. The summed E-state index contributed by atoms with van der Waals surface area (Å²) in [6.45, 7) is 7.27. The molecule has 3 aliphatic rings. The van der Waals surface area contributed by atoms with E-state index in [1.54, 1.807) is 0 Å². The molecule has 0 aromatic heterocycles. The summed E-state index contributed by atoms with van der Waals surface area (Å²) in [7, 11) is 0. The molecule has 0 spiro atoms. The molecule has 0 bridgehead atoms. The van der Waals surface area contributed by atoms with Gasteiger partial charge in [-0.2, -0.15) is 0 Å². The molecule has 0 aromatic rings. The zero-order valence-corrected chi connectivity index (χ0v) is 14.9.